The van der Waals surface area contributed by atoms with Gasteiger partial charge in [-0.1, -0.05) is 0 Å². The van der Waals surface area contributed by atoms with Crippen molar-refractivity contribution in [3.05, 3.63) is 22.5 Å². The maximum absolute atomic E-state index is 12.1. The minimum absolute atomic E-state index is 0.266. The third-order valence-corrected chi connectivity index (χ3v) is 4.61. The van der Waals surface area contributed by atoms with Crippen LogP contribution in [0.25, 0.3) is 0 Å². The number of ether oxygens (including phenoxy) is 2. The molecule has 2 aliphatic heterocycles. The number of hydrogen-bond donors (Lipinski definition) is 0. The number of hydrogen-bond acceptors (Lipinski definition) is 6. The van der Waals surface area contributed by atoms with Gasteiger partial charge in [-0.05, 0) is 52.7 Å². The fraction of sp³-hybridized carbons (Fsp3) is 0.579. The van der Waals surface area contributed by atoms with Crippen LogP contribution in [0.4, 0.5) is 0 Å². The molecule has 2 rings (SSSR count). The molecule has 0 aromatic carbocycles. The molecule has 0 fully saturated rings. The molecule has 6 heteroatoms. The van der Waals surface area contributed by atoms with Crippen molar-refractivity contribution in [3.63, 3.8) is 0 Å². The van der Waals surface area contributed by atoms with Gasteiger partial charge in [-0.15, -0.1) is 0 Å². The summed E-state index contributed by atoms with van der Waals surface area (Å²) in [7, 11) is 0. The number of carbonyl (C=O) groups excluding carboxylic acids is 2. The Morgan fingerprint density at radius 1 is 0.800 bits per heavy atom. The Balaban J connectivity index is 2.24. The number of nitrogens with zero attached hydrogens (tertiary/aromatic N) is 2. The van der Waals surface area contributed by atoms with Crippen LogP contribution in [-0.4, -0.2) is 36.6 Å². The van der Waals surface area contributed by atoms with Crippen molar-refractivity contribution in [2.24, 2.45) is 21.8 Å². The van der Waals surface area contributed by atoms with Gasteiger partial charge in [-0.2, -0.15) is 0 Å². The van der Waals surface area contributed by atoms with Crippen LogP contribution in [0.15, 0.2) is 32.5 Å². The highest BCUT2D eigenvalue weighted by molar-refractivity contribution is 6.07. The second kappa shape index (κ2) is 7.76. The molecule has 0 saturated carbocycles. The van der Waals surface area contributed by atoms with Gasteiger partial charge in [0.25, 0.3) is 0 Å². The summed E-state index contributed by atoms with van der Waals surface area (Å²) in [6.07, 6.45) is 0.498. The van der Waals surface area contributed by atoms with Crippen LogP contribution in [0, 0.1) is 11.8 Å². The zero-order valence-corrected chi connectivity index (χ0v) is 15.8. The van der Waals surface area contributed by atoms with Gasteiger partial charge < -0.3 is 9.47 Å². The highest BCUT2D eigenvalue weighted by atomic mass is 16.5. The Bertz CT molecular complexity index is 653. The molecule has 2 heterocycles. The quantitative estimate of drug-likeness (QED) is 0.692. The van der Waals surface area contributed by atoms with Crippen molar-refractivity contribution in [2.75, 3.05) is 13.2 Å². The van der Waals surface area contributed by atoms with Gasteiger partial charge >= 0.3 is 11.9 Å². The third kappa shape index (κ3) is 3.72. The molecule has 2 atom stereocenters. The van der Waals surface area contributed by atoms with Crippen LogP contribution in [0.5, 0.6) is 0 Å². The van der Waals surface area contributed by atoms with Crippen molar-refractivity contribution in [2.45, 2.75) is 48.0 Å². The van der Waals surface area contributed by atoms with E-state index in [4.69, 9.17) is 9.47 Å². The summed E-state index contributed by atoms with van der Waals surface area (Å²) < 4.78 is 10.3. The van der Waals surface area contributed by atoms with Gasteiger partial charge in [0.05, 0.1) is 13.2 Å². The molecule has 0 aliphatic carbocycles. The van der Waals surface area contributed by atoms with Crippen molar-refractivity contribution in [3.8, 4) is 0 Å². The number of aliphatic imine (C=N–C) groups is 2. The van der Waals surface area contributed by atoms with Crippen LogP contribution < -0.4 is 0 Å². The van der Waals surface area contributed by atoms with Crippen LogP contribution >= 0.6 is 0 Å². The first-order valence-electron chi connectivity index (χ1n) is 8.64. The zero-order valence-electron chi connectivity index (χ0n) is 15.8. The van der Waals surface area contributed by atoms with Crippen molar-refractivity contribution >= 4 is 23.4 Å². The molecule has 2 unspecified atom stereocenters. The standard InChI is InChI=1S/C19H26N2O4/c1-7-24-18(22)16-10(3)14(20-12(16)5)9-15-11(4)17(13(6)21-15)19(23)25-8-2/h16-17H,7-9H2,1-6H3. The Hall–Kier alpha value is -2.24. The largest absolute Gasteiger partial charge is 0.465 e. The minimum Gasteiger partial charge on any atom is -0.465 e. The summed E-state index contributed by atoms with van der Waals surface area (Å²) in [5.74, 6) is -1.36. The van der Waals surface area contributed by atoms with Crippen LogP contribution in [-0.2, 0) is 19.1 Å². The number of carbonyl (C=O) groups is 2. The lowest BCUT2D eigenvalue weighted by Crippen LogP contribution is -2.23. The Morgan fingerprint density at radius 2 is 1.16 bits per heavy atom. The molecule has 0 spiro atoms. The molecule has 0 amide bonds. The molecule has 0 aromatic heterocycles. The highest BCUT2D eigenvalue weighted by Crippen LogP contribution is 2.35. The van der Waals surface area contributed by atoms with Gasteiger partial charge in [0.2, 0.25) is 0 Å². The van der Waals surface area contributed by atoms with E-state index in [1.165, 1.54) is 0 Å². The fourth-order valence-corrected chi connectivity index (χ4v) is 3.35. The van der Waals surface area contributed by atoms with E-state index in [9.17, 15) is 9.59 Å². The lowest BCUT2D eigenvalue weighted by atomic mass is 9.94. The maximum atomic E-state index is 12.1. The summed E-state index contributed by atoms with van der Waals surface area (Å²) in [6, 6.07) is 0. The van der Waals surface area contributed by atoms with E-state index in [-0.39, 0.29) is 11.9 Å². The van der Waals surface area contributed by atoms with Gasteiger partial charge in [0.15, 0.2) is 0 Å². The summed E-state index contributed by atoms with van der Waals surface area (Å²) in [5, 5.41) is 0. The van der Waals surface area contributed by atoms with Gasteiger partial charge in [-0.3, -0.25) is 19.6 Å². The fourth-order valence-electron chi connectivity index (χ4n) is 3.35. The zero-order chi connectivity index (χ0) is 18.7. The van der Waals surface area contributed by atoms with Gasteiger partial charge in [-0.25, -0.2) is 0 Å². The Labute approximate surface area is 148 Å². The molecule has 6 nitrogen and oxygen atoms in total. The van der Waals surface area contributed by atoms with Crippen molar-refractivity contribution in [1.29, 1.82) is 0 Å². The average molecular weight is 346 g/mol. The van der Waals surface area contributed by atoms with E-state index in [0.717, 1.165) is 34.0 Å². The molecular formula is C19H26N2O4. The van der Waals surface area contributed by atoms with Crippen LogP contribution in [0.2, 0.25) is 0 Å². The van der Waals surface area contributed by atoms with E-state index >= 15 is 0 Å². The first-order valence-corrected chi connectivity index (χ1v) is 8.64. The predicted molar refractivity (Wildman–Crippen MR) is 96.5 cm³/mol. The molecule has 0 bridgehead atoms. The summed E-state index contributed by atoms with van der Waals surface area (Å²) in [4.78, 5) is 33.4. The van der Waals surface area contributed by atoms with Gasteiger partial charge in [0.1, 0.15) is 11.8 Å². The average Bonchev–Trinajstić information content (AvgIpc) is 2.96. The normalized spacial score (nSPS) is 23.0. The third-order valence-electron chi connectivity index (χ3n) is 4.61. The molecule has 25 heavy (non-hydrogen) atoms. The van der Waals surface area contributed by atoms with E-state index in [1.54, 1.807) is 13.8 Å². The molecule has 0 aromatic rings. The lowest BCUT2D eigenvalue weighted by Gasteiger charge is -2.12. The number of esters is 2. The molecule has 2 aliphatic rings. The Kier molecular flexibility index (Phi) is 5.93. The molecular weight excluding hydrogens is 320 g/mol. The van der Waals surface area contributed by atoms with E-state index in [1.807, 2.05) is 27.7 Å². The smallest absolute Gasteiger partial charge is 0.318 e. The van der Waals surface area contributed by atoms with E-state index in [0.29, 0.717) is 19.6 Å². The molecule has 0 radical (unpaired) electrons. The summed E-state index contributed by atoms with van der Waals surface area (Å²) in [6.45, 7) is 11.8. The number of rotatable bonds is 6. The molecule has 136 valence electrons. The Morgan fingerprint density at radius 3 is 1.48 bits per heavy atom. The molecule has 0 N–H and O–H groups in total. The van der Waals surface area contributed by atoms with Crippen molar-refractivity contribution in [1.82, 2.24) is 0 Å². The minimum atomic E-state index is -0.414. The topological polar surface area (TPSA) is 77.3 Å². The summed E-state index contributed by atoms with van der Waals surface area (Å²) in [5.41, 5.74) is 4.92. The van der Waals surface area contributed by atoms with E-state index in [2.05, 4.69) is 9.98 Å². The van der Waals surface area contributed by atoms with E-state index < -0.39 is 11.8 Å². The van der Waals surface area contributed by atoms with Gasteiger partial charge in [0, 0.05) is 29.2 Å². The lowest BCUT2D eigenvalue weighted by molar-refractivity contribution is -0.145. The summed E-state index contributed by atoms with van der Waals surface area (Å²) >= 11 is 0. The molecule has 0 saturated heterocycles. The first kappa shape index (κ1) is 19.1. The van der Waals surface area contributed by atoms with Crippen LogP contribution in [0.3, 0.4) is 0 Å². The monoisotopic (exact) mass is 346 g/mol. The van der Waals surface area contributed by atoms with Crippen molar-refractivity contribution < 1.29 is 19.1 Å². The second-order valence-electron chi connectivity index (χ2n) is 6.31. The SMILES string of the molecule is CCOC(=O)C1C(C)=NC(CC2=C(C)C(C(=O)OCC)C(C)=N2)=C1C. The maximum Gasteiger partial charge on any atom is 0.318 e. The highest BCUT2D eigenvalue weighted by Gasteiger charge is 2.35. The second-order valence-corrected chi connectivity index (χ2v) is 6.31. The first-order chi connectivity index (χ1) is 11.8. The predicted octanol–water partition coefficient (Wildman–Crippen LogP) is 3.23. The van der Waals surface area contributed by atoms with Crippen LogP contribution in [0.1, 0.15) is 48.0 Å².